The maximum absolute atomic E-state index is 2.43. The summed E-state index contributed by atoms with van der Waals surface area (Å²) in [6.45, 7) is 8.02. The van der Waals surface area contributed by atoms with Gasteiger partial charge in [0.15, 0.2) is 0 Å². The zero-order chi connectivity index (χ0) is 8.32. The zero-order valence-electron chi connectivity index (χ0n) is 7.93. The van der Waals surface area contributed by atoms with Crippen LogP contribution >= 0.6 is 0 Å². The van der Waals surface area contributed by atoms with E-state index in [4.69, 9.17) is 0 Å². The minimum atomic E-state index is 0.306. The van der Waals surface area contributed by atoms with E-state index in [2.05, 4.69) is 37.9 Å². The van der Waals surface area contributed by atoms with Crippen LogP contribution in [0.3, 0.4) is 0 Å². The van der Waals surface area contributed by atoms with Crippen LogP contribution in [0, 0.1) is 0 Å². The number of nitrogens with zero attached hydrogens (tertiary/aromatic N) is 1. The van der Waals surface area contributed by atoms with Crippen molar-refractivity contribution in [1.82, 2.24) is 4.90 Å². The highest BCUT2D eigenvalue weighted by atomic mass is 15.2. The molecule has 0 aliphatic carbocycles. The van der Waals surface area contributed by atoms with Crippen LogP contribution in [0.15, 0.2) is 12.3 Å². The van der Waals surface area contributed by atoms with Crippen LogP contribution in [-0.2, 0) is 0 Å². The maximum atomic E-state index is 2.43. The van der Waals surface area contributed by atoms with Crippen molar-refractivity contribution >= 4 is 0 Å². The second-order valence-electron chi connectivity index (χ2n) is 4.24. The molecule has 0 aromatic carbocycles. The van der Waals surface area contributed by atoms with Crippen LogP contribution in [0.25, 0.3) is 0 Å². The van der Waals surface area contributed by atoms with E-state index in [1.807, 2.05) is 0 Å². The molecule has 1 heterocycles. The molecule has 0 saturated heterocycles. The molecule has 0 saturated carbocycles. The van der Waals surface area contributed by atoms with E-state index in [-0.39, 0.29) is 0 Å². The van der Waals surface area contributed by atoms with Gasteiger partial charge in [-0.05, 0) is 46.2 Å². The first-order valence-electron chi connectivity index (χ1n) is 4.54. The minimum absolute atomic E-state index is 0.306. The molecule has 0 unspecified atom stereocenters. The highest BCUT2D eigenvalue weighted by molar-refractivity contribution is 4.91. The lowest BCUT2D eigenvalue weighted by atomic mass is 10.1. The molecular formula is C10H19N. The second kappa shape index (κ2) is 3.29. The van der Waals surface area contributed by atoms with Crippen molar-refractivity contribution in [3.63, 3.8) is 0 Å². The molecule has 0 aromatic heterocycles. The standard InChI is InChI=1S/C10H19N/c1-10(2,3)11-8-6-4-5-7-9-11/h6,8H,4-5,7,9H2,1-3H3. The first-order valence-corrected chi connectivity index (χ1v) is 4.54. The Labute approximate surface area is 70.1 Å². The highest BCUT2D eigenvalue weighted by Gasteiger charge is 2.17. The summed E-state index contributed by atoms with van der Waals surface area (Å²) < 4.78 is 0. The quantitative estimate of drug-likeness (QED) is 0.517. The number of hydrogen-bond donors (Lipinski definition) is 0. The van der Waals surface area contributed by atoms with Gasteiger partial charge in [0.25, 0.3) is 0 Å². The highest BCUT2D eigenvalue weighted by Crippen LogP contribution is 2.17. The third-order valence-corrected chi connectivity index (χ3v) is 2.17. The van der Waals surface area contributed by atoms with Gasteiger partial charge in [-0.3, -0.25) is 0 Å². The van der Waals surface area contributed by atoms with E-state index >= 15 is 0 Å². The Kier molecular flexibility index (Phi) is 2.58. The molecule has 1 nitrogen and oxygen atoms in total. The first kappa shape index (κ1) is 8.63. The summed E-state index contributed by atoms with van der Waals surface area (Å²) in [5, 5.41) is 0. The summed E-state index contributed by atoms with van der Waals surface area (Å²) in [7, 11) is 0. The summed E-state index contributed by atoms with van der Waals surface area (Å²) in [6, 6.07) is 0. The van der Waals surface area contributed by atoms with E-state index in [0.717, 1.165) is 0 Å². The number of rotatable bonds is 0. The van der Waals surface area contributed by atoms with Gasteiger partial charge in [-0.15, -0.1) is 0 Å². The van der Waals surface area contributed by atoms with Crippen molar-refractivity contribution in [2.75, 3.05) is 6.54 Å². The van der Waals surface area contributed by atoms with E-state index in [1.165, 1.54) is 25.8 Å². The Bertz CT molecular complexity index is 141. The predicted octanol–water partition coefficient (Wildman–Crippen LogP) is 2.78. The monoisotopic (exact) mass is 153 g/mol. The summed E-state index contributed by atoms with van der Waals surface area (Å²) in [6.07, 6.45) is 8.49. The second-order valence-corrected chi connectivity index (χ2v) is 4.24. The van der Waals surface area contributed by atoms with Crippen LogP contribution < -0.4 is 0 Å². The molecule has 0 radical (unpaired) electrons. The molecule has 0 aromatic rings. The molecule has 1 aliphatic rings. The van der Waals surface area contributed by atoms with Crippen molar-refractivity contribution in [1.29, 1.82) is 0 Å². The summed E-state index contributed by atoms with van der Waals surface area (Å²) >= 11 is 0. The van der Waals surface area contributed by atoms with Crippen molar-refractivity contribution in [2.24, 2.45) is 0 Å². The Morgan fingerprint density at radius 3 is 2.55 bits per heavy atom. The van der Waals surface area contributed by atoms with Crippen molar-refractivity contribution in [2.45, 2.75) is 45.6 Å². The van der Waals surface area contributed by atoms with Gasteiger partial charge in [0, 0.05) is 12.1 Å². The molecule has 0 amide bonds. The molecule has 0 spiro atoms. The smallest absolute Gasteiger partial charge is 0.0312 e. The fraction of sp³-hybridized carbons (Fsp3) is 0.800. The predicted molar refractivity (Wildman–Crippen MR) is 49.5 cm³/mol. The third kappa shape index (κ3) is 2.57. The van der Waals surface area contributed by atoms with Crippen molar-refractivity contribution in [3.8, 4) is 0 Å². The van der Waals surface area contributed by atoms with Gasteiger partial charge in [0.2, 0.25) is 0 Å². The van der Waals surface area contributed by atoms with Crippen molar-refractivity contribution < 1.29 is 0 Å². The van der Waals surface area contributed by atoms with E-state index in [9.17, 15) is 0 Å². The molecule has 0 atom stereocenters. The number of allylic oxidation sites excluding steroid dienone is 1. The minimum Gasteiger partial charge on any atom is -0.373 e. The Balaban J connectivity index is 2.56. The fourth-order valence-corrected chi connectivity index (χ4v) is 1.38. The third-order valence-electron chi connectivity index (χ3n) is 2.17. The van der Waals surface area contributed by atoms with Crippen LogP contribution in [-0.4, -0.2) is 17.0 Å². The maximum Gasteiger partial charge on any atom is 0.0312 e. The molecular weight excluding hydrogens is 134 g/mol. The lowest BCUT2D eigenvalue weighted by Gasteiger charge is -2.34. The van der Waals surface area contributed by atoms with Crippen LogP contribution in [0.1, 0.15) is 40.0 Å². The fourth-order valence-electron chi connectivity index (χ4n) is 1.38. The molecule has 0 N–H and O–H groups in total. The average molecular weight is 153 g/mol. The average Bonchev–Trinajstić information content (AvgIpc) is 2.10. The largest absolute Gasteiger partial charge is 0.373 e. The summed E-state index contributed by atoms with van der Waals surface area (Å²) in [4.78, 5) is 2.43. The van der Waals surface area contributed by atoms with Gasteiger partial charge in [-0.25, -0.2) is 0 Å². The van der Waals surface area contributed by atoms with Gasteiger partial charge in [-0.2, -0.15) is 0 Å². The molecule has 0 fully saturated rings. The molecule has 1 aliphatic heterocycles. The molecule has 1 rings (SSSR count). The Hall–Kier alpha value is -0.460. The molecule has 64 valence electrons. The van der Waals surface area contributed by atoms with Gasteiger partial charge in [0.1, 0.15) is 0 Å². The van der Waals surface area contributed by atoms with Crippen molar-refractivity contribution in [3.05, 3.63) is 12.3 Å². The van der Waals surface area contributed by atoms with Gasteiger partial charge < -0.3 is 4.90 Å². The summed E-state index contributed by atoms with van der Waals surface area (Å²) in [5.41, 5.74) is 0.306. The van der Waals surface area contributed by atoms with Crippen LogP contribution in [0.5, 0.6) is 0 Å². The van der Waals surface area contributed by atoms with E-state index < -0.39 is 0 Å². The van der Waals surface area contributed by atoms with Gasteiger partial charge in [0.05, 0.1) is 0 Å². The lowest BCUT2D eigenvalue weighted by Crippen LogP contribution is -2.37. The number of hydrogen-bond acceptors (Lipinski definition) is 1. The molecule has 1 heteroatoms. The normalized spacial score (nSPS) is 20.1. The Morgan fingerprint density at radius 1 is 1.18 bits per heavy atom. The van der Waals surface area contributed by atoms with Crippen LogP contribution in [0.2, 0.25) is 0 Å². The zero-order valence-corrected chi connectivity index (χ0v) is 7.93. The van der Waals surface area contributed by atoms with Gasteiger partial charge in [-0.1, -0.05) is 6.08 Å². The topological polar surface area (TPSA) is 3.24 Å². The van der Waals surface area contributed by atoms with E-state index in [0.29, 0.717) is 5.54 Å². The lowest BCUT2D eigenvalue weighted by molar-refractivity contribution is 0.206. The summed E-state index contributed by atoms with van der Waals surface area (Å²) in [5.74, 6) is 0. The SMILES string of the molecule is CC(C)(C)N1C=CCCCC1. The Morgan fingerprint density at radius 2 is 1.91 bits per heavy atom. The van der Waals surface area contributed by atoms with E-state index in [1.54, 1.807) is 0 Å². The van der Waals surface area contributed by atoms with Gasteiger partial charge >= 0.3 is 0 Å². The van der Waals surface area contributed by atoms with Crippen LogP contribution in [0.4, 0.5) is 0 Å². The first-order chi connectivity index (χ1) is 5.11. The molecule has 0 bridgehead atoms. The molecule has 11 heavy (non-hydrogen) atoms.